The van der Waals surface area contributed by atoms with Crippen LogP contribution in [0.3, 0.4) is 0 Å². The number of hydrogen-bond donors (Lipinski definition) is 2. The Morgan fingerprint density at radius 3 is 2.52 bits per heavy atom. The van der Waals surface area contributed by atoms with Crippen LogP contribution in [-0.4, -0.2) is 17.8 Å². The number of halogens is 4. The van der Waals surface area contributed by atoms with E-state index in [4.69, 9.17) is 0 Å². The molecule has 6 heteroatoms. The second-order valence-electron chi connectivity index (χ2n) is 5.56. The number of rotatable bonds is 4. The molecule has 1 aliphatic rings. The zero-order valence-corrected chi connectivity index (χ0v) is 11.6. The molecule has 118 valence electrons. The minimum atomic E-state index is -4.55. The van der Waals surface area contributed by atoms with Gasteiger partial charge in [0.15, 0.2) is 0 Å². The van der Waals surface area contributed by atoms with Crippen LogP contribution in [0.2, 0.25) is 0 Å². The molecular weight excluding hydrogens is 286 g/mol. The largest absolute Gasteiger partial charge is 0.416 e. The lowest BCUT2D eigenvalue weighted by atomic mass is 9.85. The van der Waals surface area contributed by atoms with Crippen LogP contribution in [0.5, 0.6) is 0 Å². The first-order chi connectivity index (χ1) is 9.90. The molecule has 0 heterocycles. The normalized spacial score (nSPS) is 23.3. The van der Waals surface area contributed by atoms with E-state index in [0.29, 0.717) is 6.07 Å². The molecule has 2 N–H and O–H groups in total. The lowest BCUT2D eigenvalue weighted by Crippen LogP contribution is -2.39. The van der Waals surface area contributed by atoms with E-state index in [1.165, 1.54) is 0 Å². The van der Waals surface area contributed by atoms with Crippen molar-refractivity contribution in [2.75, 3.05) is 6.61 Å². The minimum Gasteiger partial charge on any atom is -0.396 e. The maximum Gasteiger partial charge on any atom is 0.416 e. The van der Waals surface area contributed by atoms with Gasteiger partial charge in [-0.25, -0.2) is 4.39 Å². The quantitative estimate of drug-likeness (QED) is 0.835. The van der Waals surface area contributed by atoms with Crippen LogP contribution in [0.15, 0.2) is 18.2 Å². The Labute approximate surface area is 121 Å². The highest BCUT2D eigenvalue weighted by Crippen LogP contribution is 2.30. The summed E-state index contributed by atoms with van der Waals surface area (Å²) in [7, 11) is 0. The Morgan fingerprint density at radius 2 is 1.86 bits per heavy atom. The van der Waals surface area contributed by atoms with E-state index >= 15 is 0 Å². The molecule has 0 radical (unpaired) electrons. The molecule has 2 rings (SSSR count). The Hall–Kier alpha value is -1.14. The van der Waals surface area contributed by atoms with Gasteiger partial charge in [-0.05, 0) is 42.5 Å². The van der Waals surface area contributed by atoms with Crippen molar-refractivity contribution in [3.05, 3.63) is 35.1 Å². The van der Waals surface area contributed by atoms with E-state index in [1.54, 1.807) is 0 Å². The molecule has 0 saturated heterocycles. The molecule has 0 amide bonds. The SMILES string of the molecule is OCC1CCCCC1NCc1cc(F)cc(C(F)(F)F)c1. The van der Waals surface area contributed by atoms with Crippen molar-refractivity contribution in [2.24, 2.45) is 5.92 Å². The molecule has 0 bridgehead atoms. The zero-order chi connectivity index (χ0) is 15.5. The number of aliphatic hydroxyl groups excluding tert-OH is 1. The van der Waals surface area contributed by atoms with E-state index in [9.17, 15) is 22.7 Å². The van der Waals surface area contributed by atoms with Gasteiger partial charge in [0.1, 0.15) is 5.82 Å². The molecule has 2 nitrogen and oxygen atoms in total. The van der Waals surface area contributed by atoms with Gasteiger partial charge < -0.3 is 10.4 Å². The molecule has 1 aliphatic carbocycles. The van der Waals surface area contributed by atoms with Crippen molar-refractivity contribution < 1.29 is 22.7 Å². The number of alkyl halides is 3. The summed E-state index contributed by atoms with van der Waals surface area (Å²) in [6.07, 6.45) is -0.667. The third kappa shape index (κ3) is 4.41. The standard InChI is InChI=1S/C15H19F4NO/c16-13-6-10(5-12(7-13)15(17,18)19)8-20-14-4-2-1-3-11(14)9-21/h5-7,11,14,20-21H,1-4,8-9H2. The molecule has 1 saturated carbocycles. The minimum absolute atomic E-state index is 0.0641. The molecule has 1 aromatic rings. The zero-order valence-electron chi connectivity index (χ0n) is 11.6. The van der Waals surface area contributed by atoms with Crippen molar-refractivity contribution in [1.29, 1.82) is 0 Å². The van der Waals surface area contributed by atoms with Crippen molar-refractivity contribution in [2.45, 2.75) is 44.4 Å². The van der Waals surface area contributed by atoms with Crippen LogP contribution < -0.4 is 5.32 Å². The topological polar surface area (TPSA) is 32.3 Å². The number of hydrogen-bond acceptors (Lipinski definition) is 2. The third-order valence-corrected chi connectivity index (χ3v) is 4.00. The molecule has 0 aliphatic heterocycles. The summed E-state index contributed by atoms with van der Waals surface area (Å²) in [6, 6.07) is 2.65. The summed E-state index contributed by atoms with van der Waals surface area (Å²) < 4.78 is 51.2. The van der Waals surface area contributed by atoms with Crippen molar-refractivity contribution in [3.63, 3.8) is 0 Å². The highest BCUT2D eigenvalue weighted by atomic mass is 19.4. The molecule has 2 unspecified atom stereocenters. The molecule has 1 aromatic carbocycles. The van der Waals surface area contributed by atoms with Crippen LogP contribution in [0, 0.1) is 11.7 Å². The van der Waals surface area contributed by atoms with Crippen LogP contribution in [0.4, 0.5) is 17.6 Å². The lowest BCUT2D eigenvalue weighted by molar-refractivity contribution is -0.137. The number of nitrogens with one attached hydrogen (secondary N) is 1. The Bertz CT molecular complexity index is 475. The van der Waals surface area contributed by atoms with E-state index < -0.39 is 17.6 Å². The Balaban J connectivity index is 2.04. The summed E-state index contributed by atoms with van der Waals surface area (Å²) in [5, 5.41) is 12.5. The van der Waals surface area contributed by atoms with Gasteiger partial charge in [-0.3, -0.25) is 0 Å². The molecule has 2 atom stereocenters. The van der Waals surface area contributed by atoms with Gasteiger partial charge in [0.2, 0.25) is 0 Å². The summed E-state index contributed by atoms with van der Waals surface area (Å²) >= 11 is 0. The smallest absolute Gasteiger partial charge is 0.396 e. The molecule has 21 heavy (non-hydrogen) atoms. The highest BCUT2D eigenvalue weighted by Gasteiger charge is 2.31. The molecule has 0 aromatic heterocycles. The number of benzene rings is 1. The Kier molecular flexibility index (Phi) is 5.22. The average molecular weight is 305 g/mol. The molecule has 1 fully saturated rings. The van der Waals surface area contributed by atoms with Crippen LogP contribution >= 0.6 is 0 Å². The average Bonchev–Trinajstić information content (AvgIpc) is 2.44. The molecular formula is C15H19F4NO. The summed E-state index contributed by atoms with van der Waals surface area (Å²) in [6.45, 7) is 0.233. The molecule has 0 spiro atoms. The first kappa shape index (κ1) is 16.2. The van der Waals surface area contributed by atoms with Crippen LogP contribution in [0.25, 0.3) is 0 Å². The van der Waals surface area contributed by atoms with Gasteiger partial charge >= 0.3 is 6.18 Å². The third-order valence-electron chi connectivity index (χ3n) is 4.00. The Morgan fingerprint density at radius 1 is 1.14 bits per heavy atom. The van der Waals surface area contributed by atoms with Crippen LogP contribution in [-0.2, 0) is 12.7 Å². The van der Waals surface area contributed by atoms with Gasteiger partial charge in [0.25, 0.3) is 0 Å². The van der Waals surface area contributed by atoms with Crippen molar-refractivity contribution >= 4 is 0 Å². The lowest BCUT2D eigenvalue weighted by Gasteiger charge is -2.31. The number of aliphatic hydroxyl groups is 1. The predicted molar refractivity (Wildman–Crippen MR) is 71.1 cm³/mol. The van der Waals surface area contributed by atoms with Crippen molar-refractivity contribution in [3.8, 4) is 0 Å². The summed E-state index contributed by atoms with van der Waals surface area (Å²) in [5.41, 5.74) is -0.703. The second-order valence-corrected chi connectivity index (χ2v) is 5.56. The highest BCUT2D eigenvalue weighted by molar-refractivity contribution is 5.26. The van der Waals surface area contributed by atoms with Gasteiger partial charge in [-0.15, -0.1) is 0 Å². The van der Waals surface area contributed by atoms with E-state index in [-0.39, 0.29) is 30.7 Å². The van der Waals surface area contributed by atoms with E-state index in [1.807, 2.05) is 0 Å². The summed E-state index contributed by atoms with van der Waals surface area (Å²) in [5.74, 6) is -0.765. The van der Waals surface area contributed by atoms with Gasteiger partial charge in [0.05, 0.1) is 5.56 Å². The maximum absolute atomic E-state index is 13.3. The first-order valence-electron chi connectivity index (χ1n) is 7.11. The summed E-state index contributed by atoms with van der Waals surface area (Å²) in [4.78, 5) is 0. The maximum atomic E-state index is 13.3. The monoisotopic (exact) mass is 305 g/mol. The fourth-order valence-electron chi connectivity index (χ4n) is 2.86. The first-order valence-corrected chi connectivity index (χ1v) is 7.11. The fraction of sp³-hybridized carbons (Fsp3) is 0.600. The fourth-order valence-corrected chi connectivity index (χ4v) is 2.86. The van der Waals surface area contributed by atoms with E-state index in [0.717, 1.165) is 37.8 Å². The van der Waals surface area contributed by atoms with Gasteiger partial charge in [-0.2, -0.15) is 13.2 Å². The van der Waals surface area contributed by atoms with E-state index in [2.05, 4.69) is 5.32 Å². The van der Waals surface area contributed by atoms with Gasteiger partial charge in [-0.1, -0.05) is 12.8 Å². The predicted octanol–water partition coefficient (Wildman–Crippen LogP) is 3.49. The van der Waals surface area contributed by atoms with Crippen molar-refractivity contribution in [1.82, 2.24) is 5.32 Å². The van der Waals surface area contributed by atoms with Crippen LogP contribution in [0.1, 0.15) is 36.8 Å². The second kappa shape index (κ2) is 6.75. The van der Waals surface area contributed by atoms with Gasteiger partial charge in [0, 0.05) is 19.2 Å².